The van der Waals surface area contributed by atoms with Crippen LogP contribution in [0.1, 0.15) is 60.2 Å². The van der Waals surface area contributed by atoms with E-state index in [0.717, 1.165) is 24.2 Å². The monoisotopic (exact) mass is 326 g/mol. The predicted octanol–water partition coefficient (Wildman–Crippen LogP) is 5.22. The number of carbonyl (C=O) groups is 1. The molecule has 0 aliphatic rings. The van der Waals surface area contributed by atoms with Crippen molar-refractivity contribution in [1.29, 1.82) is 0 Å². The maximum Gasteiger partial charge on any atom is 0.335 e. The Kier molecular flexibility index (Phi) is 6.02. The third-order valence-electron chi connectivity index (χ3n) is 4.31. The molecule has 0 spiro atoms. The fourth-order valence-corrected chi connectivity index (χ4v) is 2.83. The molecule has 0 fully saturated rings. The van der Waals surface area contributed by atoms with Crippen LogP contribution in [-0.4, -0.2) is 17.2 Å². The molecule has 0 saturated heterocycles. The Labute approximate surface area is 144 Å². The number of carboxylic acids is 1. The second-order valence-electron chi connectivity index (χ2n) is 6.58. The lowest BCUT2D eigenvalue weighted by Gasteiger charge is -2.17. The Balaban J connectivity index is 2.08. The molecule has 0 heterocycles. The van der Waals surface area contributed by atoms with Crippen LogP contribution in [0.4, 0.5) is 0 Å². The number of benzene rings is 2. The molecule has 24 heavy (non-hydrogen) atoms. The summed E-state index contributed by atoms with van der Waals surface area (Å²) in [5.74, 6) is 0.375. The van der Waals surface area contributed by atoms with Gasteiger partial charge in [0.05, 0.1) is 11.7 Å². The van der Waals surface area contributed by atoms with Gasteiger partial charge in [0, 0.05) is 0 Å². The first-order valence-electron chi connectivity index (χ1n) is 8.47. The molecule has 128 valence electrons. The van der Waals surface area contributed by atoms with Gasteiger partial charge in [-0.2, -0.15) is 0 Å². The van der Waals surface area contributed by atoms with Crippen LogP contribution in [-0.2, 0) is 6.42 Å². The van der Waals surface area contributed by atoms with Gasteiger partial charge in [-0.15, -0.1) is 0 Å². The minimum Gasteiger partial charge on any atom is -0.491 e. The van der Waals surface area contributed by atoms with Gasteiger partial charge in [-0.25, -0.2) is 4.79 Å². The van der Waals surface area contributed by atoms with Crippen molar-refractivity contribution >= 4 is 5.97 Å². The highest BCUT2D eigenvalue weighted by molar-refractivity contribution is 5.87. The standard InChI is InChI=1S/C21H26O3/c1-14(2)24-20-10-6-7-17(16(20)4)12-11-15(3)18-8-5-9-19(13-18)21(22)23/h5-10,13-15H,11-12H2,1-4H3,(H,22,23). The van der Waals surface area contributed by atoms with Gasteiger partial charge in [0.25, 0.3) is 0 Å². The molecule has 1 N–H and O–H groups in total. The van der Waals surface area contributed by atoms with E-state index >= 15 is 0 Å². The van der Waals surface area contributed by atoms with Crippen LogP contribution in [0.2, 0.25) is 0 Å². The Hall–Kier alpha value is -2.29. The molecule has 0 radical (unpaired) electrons. The first-order chi connectivity index (χ1) is 11.4. The normalized spacial score (nSPS) is 12.2. The van der Waals surface area contributed by atoms with E-state index in [9.17, 15) is 4.79 Å². The third kappa shape index (κ3) is 4.60. The molecule has 2 aromatic carbocycles. The molecule has 3 heteroatoms. The van der Waals surface area contributed by atoms with Gasteiger partial charge in [-0.1, -0.05) is 31.2 Å². The van der Waals surface area contributed by atoms with Gasteiger partial charge < -0.3 is 9.84 Å². The van der Waals surface area contributed by atoms with Crippen molar-refractivity contribution in [2.24, 2.45) is 0 Å². The zero-order valence-electron chi connectivity index (χ0n) is 14.9. The number of hydrogen-bond donors (Lipinski definition) is 1. The number of carboxylic acid groups (broad SMARTS) is 1. The lowest BCUT2D eigenvalue weighted by Crippen LogP contribution is -2.08. The highest BCUT2D eigenvalue weighted by Crippen LogP contribution is 2.27. The lowest BCUT2D eigenvalue weighted by molar-refractivity contribution is 0.0696. The van der Waals surface area contributed by atoms with Crippen LogP contribution in [0.3, 0.4) is 0 Å². The van der Waals surface area contributed by atoms with E-state index in [2.05, 4.69) is 19.9 Å². The summed E-state index contributed by atoms with van der Waals surface area (Å²) in [6.45, 7) is 8.31. The van der Waals surface area contributed by atoms with Crippen molar-refractivity contribution in [1.82, 2.24) is 0 Å². The molecular formula is C21H26O3. The molecule has 0 amide bonds. The number of hydrogen-bond acceptors (Lipinski definition) is 2. The summed E-state index contributed by atoms with van der Waals surface area (Å²) >= 11 is 0. The smallest absolute Gasteiger partial charge is 0.335 e. The Morgan fingerprint density at radius 2 is 1.83 bits per heavy atom. The molecule has 2 rings (SSSR count). The molecule has 1 unspecified atom stereocenters. The molecule has 0 aliphatic carbocycles. The van der Waals surface area contributed by atoms with Crippen LogP contribution < -0.4 is 4.74 Å². The van der Waals surface area contributed by atoms with Crippen LogP contribution in [0.5, 0.6) is 5.75 Å². The zero-order chi connectivity index (χ0) is 17.7. The summed E-state index contributed by atoms with van der Waals surface area (Å²) in [5.41, 5.74) is 3.90. The summed E-state index contributed by atoms with van der Waals surface area (Å²) in [6, 6.07) is 13.4. The minimum atomic E-state index is -0.876. The average molecular weight is 326 g/mol. The second-order valence-corrected chi connectivity index (χ2v) is 6.58. The zero-order valence-corrected chi connectivity index (χ0v) is 14.9. The van der Waals surface area contributed by atoms with Crippen LogP contribution in [0.15, 0.2) is 42.5 Å². The van der Waals surface area contributed by atoms with Crippen molar-refractivity contribution < 1.29 is 14.6 Å². The second kappa shape index (κ2) is 8.00. The van der Waals surface area contributed by atoms with Crippen molar-refractivity contribution in [2.45, 2.75) is 52.6 Å². The lowest BCUT2D eigenvalue weighted by atomic mass is 9.91. The molecule has 0 aromatic heterocycles. The highest BCUT2D eigenvalue weighted by Gasteiger charge is 2.12. The Bertz CT molecular complexity index is 704. The van der Waals surface area contributed by atoms with Crippen LogP contribution >= 0.6 is 0 Å². The number of ether oxygens (including phenoxy) is 1. The molecular weight excluding hydrogens is 300 g/mol. The van der Waals surface area contributed by atoms with Gasteiger partial charge in [-0.3, -0.25) is 0 Å². The summed E-state index contributed by atoms with van der Waals surface area (Å²) < 4.78 is 5.85. The van der Waals surface area contributed by atoms with E-state index in [1.165, 1.54) is 11.1 Å². The van der Waals surface area contributed by atoms with Crippen molar-refractivity contribution in [2.75, 3.05) is 0 Å². The maximum absolute atomic E-state index is 11.1. The Morgan fingerprint density at radius 1 is 1.12 bits per heavy atom. The van der Waals surface area contributed by atoms with E-state index in [0.29, 0.717) is 11.5 Å². The Morgan fingerprint density at radius 3 is 2.50 bits per heavy atom. The first kappa shape index (κ1) is 18.1. The van der Waals surface area contributed by atoms with Crippen LogP contribution in [0, 0.1) is 6.92 Å². The number of aryl methyl sites for hydroxylation is 1. The van der Waals surface area contributed by atoms with Gasteiger partial charge in [-0.05, 0) is 74.4 Å². The van der Waals surface area contributed by atoms with Crippen molar-refractivity contribution in [3.63, 3.8) is 0 Å². The molecule has 0 aliphatic heterocycles. The molecule has 2 aromatic rings. The summed E-state index contributed by atoms with van der Waals surface area (Å²) in [5, 5.41) is 9.12. The fraction of sp³-hybridized carbons (Fsp3) is 0.381. The summed E-state index contributed by atoms with van der Waals surface area (Å²) in [4.78, 5) is 11.1. The molecule has 0 saturated carbocycles. The molecule has 3 nitrogen and oxygen atoms in total. The van der Waals surface area contributed by atoms with Gasteiger partial charge in [0.15, 0.2) is 0 Å². The number of rotatable bonds is 7. The highest BCUT2D eigenvalue weighted by atomic mass is 16.5. The van der Waals surface area contributed by atoms with E-state index in [4.69, 9.17) is 9.84 Å². The van der Waals surface area contributed by atoms with E-state index < -0.39 is 5.97 Å². The quantitative estimate of drug-likeness (QED) is 0.759. The largest absolute Gasteiger partial charge is 0.491 e. The van der Waals surface area contributed by atoms with Gasteiger partial charge >= 0.3 is 5.97 Å². The average Bonchev–Trinajstić information content (AvgIpc) is 2.55. The van der Waals surface area contributed by atoms with Gasteiger partial charge in [0.2, 0.25) is 0 Å². The topological polar surface area (TPSA) is 46.5 Å². The minimum absolute atomic E-state index is 0.164. The first-order valence-corrected chi connectivity index (χ1v) is 8.47. The summed E-state index contributed by atoms with van der Waals surface area (Å²) in [7, 11) is 0. The number of aromatic carboxylic acids is 1. The molecule has 0 bridgehead atoms. The van der Waals surface area contributed by atoms with Gasteiger partial charge in [0.1, 0.15) is 5.75 Å². The predicted molar refractivity (Wildman–Crippen MR) is 97.1 cm³/mol. The SMILES string of the molecule is Cc1c(CCC(C)c2cccc(C(=O)O)c2)cccc1OC(C)C. The van der Waals surface area contributed by atoms with Crippen LogP contribution in [0.25, 0.3) is 0 Å². The molecule has 1 atom stereocenters. The van der Waals surface area contributed by atoms with E-state index in [1.807, 2.05) is 38.1 Å². The van der Waals surface area contributed by atoms with Crippen molar-refractivity contribution in [3.8, 4) is 5.75 Å². The fourth-order valence-electron chi connectivity index (χ4n) is 2.83. The third-order valence-corrected chi connectivity index (χ3v) is 4.31. The maximum atomic E-state index is 11.1. The van der Waals surface area contributed by atoms with Crippen molar-refractivity contribution in [3.05, 3.63) is 64.7 Å². The summed E-state index contributed by atoms with van der Waals surface area (Å²) in [6.07, 6.45) is 2.07. The van der Waals surface area contributed by atoms with E-state index in [-0.39, 0.29) is 6.10 Å². The van der Waals surface area contributed by atoms with E-state index in [1.54, 1.807) is 12.1 Å².